The molecule has 3 aromatic heterocycles. The van der Waals surface area contributed by atoms with E-state index < -0.39 is 13.9 Å². The van der Waals surface area contributed by atoms with E-state index in [1.807, 2.05) is 42.2 Å². The molecule has 1 N–H and O–H groups in total. The van der Waals surface area contributed by atoms with Gasteiger partial charge in [0.25, 0.3) is 0 Å². The first-order valence-electron chi connectivity index (χ1n) is 21.2. The van der Waals surface area contributed by atoms with Gasteiger partial charge in [-0.15, -0.1) is 0 Å². The zero-order valence-electron chi connectivity index (χ0n) is 36.6. The molecular formula is C50H58N6O4Si. The smallest absolute Gasteiger partial charge is 0.192 e. The molecule has 1 aliphatic rings. The third-order valence-corrected chi connectivity index (χ3v) is 17.3. The van der Waals surface area contributed by atoms with E-state index in [9.17, 15) is 0 Å². The first-order chi connectivity index (χ1) is 29.4. The van der Waals surface area contributed by atoms with Crippen molar-refractivity contribution in [2.24, 2.45) is 13.0 Å². The summed E-state index contributed by atoms with van der Waals surface area (Å²) in [5, 5.41) is 9.45. The van der Waals surface area contributed by atoms with Gasteiger partial charge >= 0.3 is 0 Å². The molecule has 0 spiro atoms. The molecule has 0 unspecified atom stereocenters. The van der Waals surface area contributed by atoms with Crippen LogP contribution in [0.5, 0.6) is 11.5 Å². The van der Waals surface area contributed by atoms with Gasteiger partial charge in [-0.1, -0.05) is 112 Å². The van der Waals surface area contributed by atoms with Crippen molar-refractivity contribution < 1.29 is 18.6 Å². The van der Waals surface area contributed by atoms with Crippen molar-refractivity contribution in [1.29, 1.82) is 0 Å². The van der Waals surface area contributed by atoms with E-state index in [-0.39, 0.29) is 23.1 Å². The molecule has 0 saturated heterocycles. The van der Waals surface area contributed by atoms with Gasteiger partial charge in [-0.3, -0.25) is 4.68 Å². The second kappa shape index (κ2) is 17.3. The van der Waals surface area contributed by atoms with Crippen molar-refractivity contribution >= 4 is 25.2 Å². The van der Waals surface area contributed by atoms with Crippen molar-refractivity contribution in [2.45, 2.75) is 76.0 Å². The molecule has 4 aromatic carbocycles. The highest BCUT2D eigenvalue weighted by Gasteiger charge is 2.46. The first kappa shape index (κ1) is 42.0. The second-order valence-corrected chi connectivity index (χ2v) is 22.4. The summed E-state index contributed by atoms with van der Waals surface area (Å²) in [5.74, 6) is 2.30. The van der Waals surface area contributed by atoms with Crippen LogP contribution in [0, 0.1) is 5.92 Å². The monoisotopic (exact) mass is 834 g/mol. The van der Waals surface area contributed by atoms with Gasteiger partial charge in [-0.25, -0.2) is 9.97 Å². The number of hydrogen-bond acceptors (Lipinski definition) is 8. The second-order valence-electron chi connectivity index (χ2n) is 17.7. The molecule has 8 rings (SSSR count). The summed E-state index contributed by atoms with van der Waals surface area (Å²) in [6, 6.07) is 39.9. The van der Waals surface area contributed by atoms with Gasteiger partial charge in [0.1, 0.15) is 34.9 Å². The Labute approximate surface area is 361 Å². The Hall–Kier alpha value is -5.75. The van der Waals surface area contributed by atoms with Crippen LogP contribution in [0.4, 0.5) is 5.82 Å². The summed E-state index contributed by atoms with van der Waals surface area (Å²) in [7, 11) is 3.07. The molecular weight excluding hydrogens is 777 g/mol. The Kier molecular flexibility index (Phi) is 11.9. The van der Waals surface area contributed by atoms with Crippen molar-refractivity contribution in [3.63, 3.8) is 0 Å². The van der Waals surface area contributed by atoms with Crippen LogP contribution in [0.25, 0.3) is 22.3 Å². The number of aromatic nitrogens is 5. The van der Waals surface area contributed by atoms with Gasteiger partial charge in [0.05, 0.1) is 38.0 Å². The van der Waals surface area contributed by atoms with E-state index in [0.29, 0.717) is 13.2 Å². The van der Waals surface area contributed by atoms with Crippen molar-refractivity contribution in [3.8, 4) is 22.8 Å². The number of nitrogens with zero attached hydrogens (tertiary/aromatic N) is 5. The van der Waals surface area contributed by atoms with Crippen molar-refractivity contribution in [2.75, 3.05) is 26.1 Å². The summed E-state index contributed by atoms with van der Waals surface area (Å²) in [5.41, 5.74) is 6.09. The number of nitrogens with one attached hydrogen (secondary N) is 1. The highest BCUT2D eigenvalue weighted by atomic mass is 28.4. The van der Waals surface area contributed by atoms with Crippen LogP contribution in [0.1, 0.15) is 61.9 Å². The van der Waals surface area contributed by atoms with E-state index in [1.54, 1.807) is 20.5 Å². The molecule has 61 heavy (non-hydrogen) atoms. The molecule has 3 heterocycles. The Morgan fingerprint density at radius 3 is 1.98 bits per heavy atom. The Bertz CT molecular complexity index is 2460. The molecule has 10 nitrogen and oxygen atoms in total. The van der Waals surface area contributed by atoms with Crippen LogP contribution >= 0.6 is 0 Å². The molecule has 1 fully saturated rings. The number of fused-ring (bicyclic) bond motifs is 1. The molecule has 11 heteroatoms. The molecule has 1 saturated carbocycles. The molecule has 0 bridgehead atoms. The number of hydrogen-bond donors (Lipinski definition) is 1. The van der Waals surface area contributed by atoms with Crippen LogP contribution in [0.15, 0.2) is 134 Å². The van der Waals surface area contributed by atoms with Gasteiger partial charge in [-0.2, -0.15) is 5.10 Å². The predicted molar refractivity (Wildman–Crippen MR) is 246 cm³/mol. The van der Waals surface area contributed by atoms with Crippen molar-refractivity contribution in [3.05, 3.63) is 156 Å². The highest BCUT2D eigenvalue weighted by molar-refractivity contribution is 6.74. The van der Waals surface area contributed by atoms with E-state index in [2.05, 4.69) is 141 Å². The maximum absolute atomic E-state index is 7.54. The minimum atomic E-state index is -2.20. The van der Waals surface area contributed by atoms with E-state index in [0.717, 1.165) is 74.7 Å². The third-order valence-electron chi connectivity index (χ3n) is 12.8. The quantitative estimate of drug-likeness (QED) is 0.0806. The average molecular weight is 835 g/mol. The topological polar surface area (TPSA) is 97.5 Å². The summed E-state index contributed by atoms with van der Waals surface area (Å²) >= 11 is 0. The van der Waals surface area contributed by atoms with Crippen LogP contribution in [0.3, 0.4) is 0 Å². The summed E-state index contributed by atoms with van der Waals surface area (Å²) in [4.78, 5) is 9.81. The molecule has 7 aromatic rings. The standard InChI is InChI=1S/C50H58N6O4Si/c1-49(2,3)61(7,8)60-45-29-40(28-36(45)33-59-50(37-18-12-9-13-19-37,38-20-14-10-15-21-38)39-22-16-11-17-23-39)56-32-42(43-26-27-55(4)54-43)46-47(52-34-53-48(46)56)51-31-35-24-25-41(57-5)30-44(35)58-6/h9-27,30,32,34,36,40,45H,28-29,31,33H2,1-8H3,(H,51,52,53)/t36-,40-,45+/m1/s1. The number of methoxy groups -OCH3 is 2. The van der Waals surface area contributed by atoms with Crippen LogP contribution in [-0.4, -0.2) is 59.6 Å². The summed E-state index contributed by atoms with van der Waals surface area (Å²) in [6.07, 6.45) is 7.47. The summed E-state index contributed by atoms with van der Waals surface area (Å²) in [6.45, 7) is 12.6. The lowest BCUT2D eigenvalue weighted by molar-refractivity contribution is -0.0274. The number of rotatable bonds is 15. The molecule has 3 atom stereocenters. The molecule has 316 valence electrons. The van der Waals surface area contributed by atoms with Crippen LogP contribution in [-0.2, 0) is 28.4 Å². The van der Waals surface area contributed by atoms with E-state index in [4.69, 9.17) is 33.7 Å². The zero-order chi connectivity index (χ0) is 42.8. The lowest BCUT2D eigenvalue weighted by Crippen LogP contribution is -2.45. The number of anilines is 1. The van der Waals surface area contributed by atoms with Crippen LogP contribution < -0.4 is 14.8 Å². The van der Waals surface area contributed by atoms with E-state index >= 15 is 0 Å². The minimum Gasteiger partial charge on any atom is -0.497 e. The number of ether oxygens (including phenoxy) is 3. The fourth-order valence-corrected chi connectivity index (χ4v) is 9.99. The maximum atomic E-state index is 7.54. The lowest BCUT2D eigenvalue weighted by atomic mass is 9.80. The van der Waals surface area contributed by atoms with Gasteiger partial charge in [0, 0.05) is 55.1 Å². The largest absolute Gasteiger partial charge is 0.497 e. The Morgan fingerprint density at radius 1 is 0.787 bits per heavy atom. The van der Waals surface area contributed by atoms with Crippen molar-refractivity contribution in [1.82, 2.24) is 24.3 Å². The Morgan fingerprint density at radius 2 is 1.43 bits per heavy atom. The molecule has 0 radical (unpaired) electrons. The van der Waals surface area contributed by atoms with Crippen LogP contribution in [0.2, 0.25) is 18.1 Å². The molecule has 1 aliphatic carbocycles. The van der Waals surface area contributed by atoms with Gasteiger partial charge < -0.3 is 28.5 Å². The SMILES string of the molecule is COc1ccc(CNc2ncnc3c2c(-c2ccn(C)n2)cn3[C@@H]2C[C@H](COC(c3ccccc3)(c3ccccc3)c3ccccc3)[C@@H](O[Si](C)(C)C(C)(C)C)C2)c(OC)c1. The average Bonchev–Trinajstić information content (AvgIpc) is 4.00. The highest BCUT2D eigenvalue weighted by Crippen LogP contribution is 2.48. The fraction of sp³-hybridized carbons (Fsp3) is 0.340. The van der Waals surface area contributed by atoms with Gasteiger partial charge in [-0.05, 0) is 65.9 Å². The number of aryl methyl sites for hydroxylation is 1. The Balaban J connectivity index is 1.19. The zero-order valence-corrected chi connectivity index (χ0v) is 37.6. The first-order valence-corrected chi connectivity index (χ1v) is 24.1. The molecule has 0 aliphatic heterocycles. The molecule has 0 amide bonds. The fourth-order valence-electron chi connectivity index (χ4n) is 8.59. The minimum absolute atomic E-state index is 0.0328. The van der Waals surface area contributed by atoms with E-state index in [1.165, 1.54) is 0 Å². The van der Waals surface area contributed by atoms with Gasteiger partial charge in [0.15, 0.2) is 8.32 Å². The summed E-state index contributed by atoms with van der Waals surface area (Å²) < 4.78 is 30.3. The normalized spacial score (nSPS) is 17.1. The third kappa shape index (κ3) is 8.34. The van der Waals surface area contributed by atoms with Gasteiger partial charge in [0.2, 0.25) is 0 Å². The predicted octanol–water partition coefficient (Wildman–Crippen LogP) is 10.8. The number of benzene rings is 4. The lowest BCUT2D eigenvalue weighted by Gasteiger charge is -2.41. The maximum Gasteiger partial charge on any atom is 0.192 e.